The third kappa shape index (κ3) is 3.08. The minimum absolute atomic E-state index is 0.228. The number of rotatable bonds is 2. The number of carbonyl (C=O) groups excluding carboxylic acids is 1. The maximum atomic E-state index is 12.2. The Hall–Kier alpha value is -1.52. The van der Waals surface area contributed by atoms with Crippen molar-refractivity contribution in [1.29, 1.82) is 0 Å². The first-order valence-corrected chi connectivity index (χ1v) is 6.77. The molecule has 2 aromatic rings. The van der Waals surface area contributed by atoms with Crippen LogP contribution in [0.2, 0.25) is 5.02 Å². The van der Waals surface area contributed by atoms with Gasteiger partial charge in [0.2, 0.25) is 0 Å². The van der Waals surface area contributed by atoms with Gasteiger partial charge in [-0.1, -0.05) is 33.6 Å². The fraction of sp³-hybridized carbons (Fsp3) is 0.0714. The van der Waals surface area contributed by atoms with Crippen LogP contribution in [0.15, 0.2) is 40.9 Å². The second kappa shape index (κ2) is 5.63. The minimum Gasteiger partial charge on any atom is -0.397 e. The molecular weight excluding hydrogens is 328 g/mol. The van der Waals surface area contributed by atoms with E-state index >= 15 is 0 Å². The molecule has 3 N–H and O–H groups in total. The molecule has 0 saturated heterocycles. The zero-order valence-corrected chi connectivity index (χ0v) is 12.5. The predicted molar refractivity (Wildman–Crippen MR) is 82.7 cm³/mol. The highest BCUT2D eigenvalue weighted by molar-refractivity contribution is 9.10. The van der Waals surface area contributed by atoms with Crippen LogP contribution in [-0.4, -0.2) is 5.91 Å². The van der Waals surface area contributed by atoms with Gasteiger partial charge in [-0.05, 0) is 42.8 Å². The first kappa shape index (κ1) is 13.9. The molecule has 0 saturated carbocycles. The summed E-state index contributed by atoms with van der Waals surface area (Å²) in [6.07, 6.45) is 0. The molecule has 0 atom stereocenters. The van der Waals surface area contributed by atoms with Gasteiger partial charge >= 0.3 is 0 Å². The summed E-state index contributed by atoms with van der Waals surface area (Å²) >= 11 is 9.32. The molecule has 3 nitrogen and oxygen atoms in total. The summed E-state index contributed by atoms with van der Waals surface area (Å²) in [5.74, 6) is -0.228. The molecule has 0 unspecified atom stereocenters. The van der Waals surface area contributed by atoms with Crippen molar-refractivity contribution in [1.82, 2.24) is 0 Å². The molecule has 0 radical (unpaired) electrons. The Balaban J connectivity index is 2.28. The monoisotopic (exact) mass is 338 g/mol. The largest absolute Gasteiger partial charge is 0.397 e. The molecule has 0 aliphatic carbocycles. The van der Waals surface area contributed by atoms with Crippen molar-refractivity contribution >= 4 is 44.8 Å². The van der Waals surface area contributed by atoms with Gasteiger partial charge in [0, 0.05) is 15.1 Å². The van der Waals surface area contributed by atoms with E-state index in [0.717, 1.165) is 10.0 Å². The molecule has 0 aromatic heterocycles. The molecule has 1 amide bonds. The lowest BCUT2D eigenvalue weighted by atomic mass is 10.1. The number of anilines is 2. The van der Waals surface area contributed by atoms with Crippen molar-refractivity contribution in [2.24, 2.45) is 0 Å². The molecular formula is C14H12BrClN2O. The quantitative estimate of drug-likeness (QED) is 0.804. The highest BCUT2D eigenvalue weighted by atomic mass is 79.9. The topological polar surface area (TPSA) is 55.1 Å². The van der Waals surface area contributed by atoms with E-state index in [0.29, 0.717) is 22.0 Å². The van der Waals surface area contributed by atoms with Crippen molar-refractivity contribution in [2.75, 3.05) is 11.1 Å². The smallest absolute Gasteiger partial charge is 0.256 e. The van der Waals surface area contributed by atoms with Crippen LogP contribution in [-0.2, 0) is 0 Å². The molecule has 0 bridgehead atoms. The molecule has 98 valence electrons. The Kier molecular flexibility index (Phi) is 4.12. The van der Waals surface area contributed by atoms with Crippen LogP contribution >= 0.6 is 27.5 Å². The standard InChI is InChI=1S/C14H12BrClN2O/c1-8-10(3-2-4-11(8)16)14(19)18-13-6-5-9(15)7-12(13)17/h2-7H,17H2,1H3,(H,18,19). The Morgan fingerprint density at radius 3 is 2.74 bits per heavy atom. The summed E-state index contributed by atoms with van der Waals surface area (Å²) in [7, 11) is 0. The Morgan fingerprint density at radius 1 is 1.32 bits per heavy atom. The van der Waals surface area contributed by atoms with Gasteiger partial charge in [0.25, 0.3) is 5.91 Å². The van der Waals surface area contributed by atoms with Crippen molar-refractivity contribution in [2.45, 2.75) is 6.92 Å². The van der Waals surface area contributed by atoms with Gasteiger partial charge in [0.1, 0.15) is 0 Å². The normalized spacial score (nSPS) is 10.3. The fourth-order valence-electron chi connectivity index (χ4n) is 1.69. The number of hydrogen-bond acceptors (Lipinski definition) is 2. The maximum absolute atomic E-state index is 12.2. The number of nitrogens with one attached hydrogen (secondary N) is 1. The van der Waals surface area contributed by atoms with Crippen molar-refractivity contribution in [3.05, 3.63) is 57.0 Å². The number of hydrogen-bond donors (Lipinski definition) is 2. The van der Waals surface area contributed by atoms with Gasteiger partial charge in [-0.15, -0.1) is 0 Å². The van der Waals surface area contributed by atoms with E-state index in [2.05, 4.69) is 21.2 Å². The van der Waals surface area contributed by atoms with Gasteiger partial charge in [-0.2, -0.15) is 0 Å². The van der Waals surface area contributed by atoms with Crippen LogP contribution in [0.1, 0.15) is 15.9 Å². The Morgan fingerprint density at radius 2 is 2.05 bits per heavy atom. The second-order valence-electron chi connectivity index (χ2n) is 4.10. The third-order valence-electron chi connectivity index (χ3n) is 2.77. The lowest BCUT2D eigenvalue weighted by molar-refractivity contribution is 0.102. The summed E-state index contributed by atoms with van der Waals surface area (Å²) in [6, 6.07) is 10.5. The molecule has 0 heterocycles. The van der Waals surface area contributed by atoms with Crippen molar-refractivity contribution < 1.29 is 4.79 Å². The van der Waals surface area contributed by atoms with Gasteiger partial charge in [0.05, 0.1) is 11.4 Å². The van der Waals surface area contributed by atoms with Crippen LogP contribution in [0.5, 0.6) is 0 Å². The van der Waals surface area contributed by atoms with E-state index in [1.54, 1.807) is 30.3 Å². The van der Waals surface area contributed by atoms with Crippen LogP contribution in [0.4, 0.5) is 11.4 Å². The van der Waals surface area contributed by atoms with Gasteiger partial charge in [-0.3, -0.25) is 4.79 Å². The molecule has 2 rings (SSSR count). The molecule has 19 heavy (non-hydrogen) atoms. The van der Waals surface area contributed by atoms with Gasteiger partial charge in [-0.25, -0.2) is 0 Å². The zero-order chi connectivity index (χ0) is 14.0. The van der Waals surface area contributed by atoms with E-state index in [-0.39, 0.29) is 5.91 Å². The molecule has 2 aromatic carbocycles. The van der Waals surface area contributed by atoms with Crippen LogP contribution in [0.3, 0.4) is 0 Å². The van der Waals surface area contributed by atoms with Crippen molar-refractivity contribution in [3.63, 3.8) is 0 Å². The van der Waals surface area contributed by atoms with Gasteiger partial charge in [0.15, 0.2) is 0 Å². The number of halogens is 2. The Bertz CT molecular complexity index is 643. The lowest BCUT2D eigenvalue weighted by Crippen LogP contribution is -2.14. The summed E-state index contributed by atoms with van der Waals surface area (Å²) in [5.41, 5.74) is 8.21. The predicted octanol–water partition coefficient (Wildman–Crippen LogP) is 4.25. The highest BCUT2D eigenvalue weighted by Gasteiger charge is 2.12. The molecule has 5 heteroatoms. The van der Waals surface area contributed by atoms with E-state index in [1.807, 2.05) is 13.0 Å². The summed E-state index contributed by atoms with van der Waals surface area (Å²) < 4.78 is 0.863. The average molecular weight is 340 g/mol. The number of nitrogens with two attached hydrogens (primary N) is 1. The molecule has 0 fully saturated rings. The lowest BCUT2D eigenvalue weighted by Gasteiger charge is -2.10. The molecule has 0 aliphatic rings. The van der Waals surface area contributed by atoms with E-state index < -0.39 is 0 Å². The first-order valence-electron chi connectivity index (χ1n) is 5.60. The molecule has 0 spiro atoms. The highest BCUT2D eigenvalue weighted by Crippen LogP contribution is 2.25. The number of benzene rings is 2. The maximum Gasteiger partial charge on any atom is 0.256 e. The number of carbonyl (C=O) groups is 1. The van der Waals surface area contributed by atoms with Crippen LogP contribution in [0.25, 0.3) is 0 Å². The van der Waals surface area contributed by atoms with E-state index in [9.17, 15) is 4.79 Å². The fourth-order valence-corrected chi connectivity index (χ4v) is 2.24. The minimum atomic E-state index is -0.228. The second-order valence-corrected chi connectivity index (χ2v) is 5.42. The van der Waals surface area contributed by atoms with E-state index in [4.69, 9.17) is 17.3 Å². The third-order valence-corrected chi connectivity index (χ3v) is 3.68. The Labute approximate surface area is 124 Å². The SMILES string of the molecule is Cc1c(Cl)cccc1C(=O)Nc1ccc(Br)cc1N. The van der Waals surface area contributed by atoms with Gasteiger partial charge < -0.3 is 11.1 Å². The number of amides is 1. The van der Waals surface area contributed by atoms with Crippen LogP contribution in [0, 0.1) is 6.92 Å². The summed E-state index contributed by atoms with van der Waals surface area (Å²) in [4.78, 5) is 12.2. The van der Waals surface area contributed by atoms with Crippen LogP contribution < -0.4 is 11.1 Å². The first-order chi connectivity index (χ1) is 8.99. The number of nitrogen functional groups attached to an aromatic ring is 1. The molecule has 0 aliphatic heterocycles. The summed E-state index contributed by atoms with van der Waals surface area (Å²) in [5, 5.41) is 3.34. The summed E-state index contributed by atoms with van der Waals surface area (Å²) in [6.45, 7) is 1.81. The van der Waals surface area contributed by atoms with E-state index in [1.165, 1.54) is 0 Å². The van der Waals surface area contributed by atoms with Crippen molar-refractivity contribution in [3.8, 4) is 0 Å². The average Bonchev–Trinajstić information content (AvgIpc) is 2.36. The zero-order valence-electron chi connectivity index (χ0n) is 10.2.